The van der Waals surface area contributed by atoms with Crippen LogP contribution in [-0.2, 0) is 0 Å². The number of imide groups is 1. The summed E-state index contributed by atoms with van der Waals surface area (Å²) in [6, 6.07) is 6.41. The van der Waals surface area contributed by atoms with Crippen LogP contribution in [0.2, 0.25) is 0 Å². The lowest BCUT2D eigenvalue weighted by atomic mass is 10.2. The van der Waals surface area contributed by atoms with Crippen molar-refractivity contribution in [3.63, 3.8) is 0 Å². The molecule has 1 aliphatic rings. The minimum absolute atomic E-state index is 0.303. The fourth-order valence-electron chi connectivity index (χ4n) is 2.28. The van der Waals surface area contributed by atoms with E-state index in [0.29, 0.717) is 28.3 Å². The van der Waals surface area contributed by atoms with Crippen LogP contribution in [0.5, 0.6) is 11.5 Å². The number of amides is 2. The van der Waals surface area contributed by atoms with E-state index < -0.39 is 5.91 Å². The second-order valence-electron chi connectivity index (χ2n) is 4.41. The molecule has 3 rings (SSSR count). The van der Waals surface area contributed by atoms with Crippen molar-refractivity contribution in [3.05, 3.63) is 47.8 Å². The zero-order chi connectivity index (χ0) is 15.0. The van der Waals surface area contributed by atoms with E-state index >= 15 is 0 Å². The van der Waals surface area contributed by atoms with Gasteiger partial charge in [0.2, 0.25) is 0 Å². The number of carbonyl (C=O) groups is 2. The Hall–Kier alpha value is -2.89. The molecule has 106 valence electrons. The third-order valence-electron chi connectivity index (χ3n) is 3.31. The molecule has 0 spiro atoms. The molecule has 2 aromatic rings. The number of carbonyl (C=O) groups excluding carboxylic acids is 2. The van der Waals surface area contributed by atoms with Gasteiger partial charge in [-0.25, -0.2) is 4.90 Å². The molecule has 0 saturated heterocycles. The number of hydrogen-bond donors (Lipinski definition) is 0. The van der Waals surface area contributed by atoms with Crippen LogP contribution in [0.1, 0.15) is 20.7 Å². The highest BCUT2D eigenvalue weighted by Gasteiger charge is 2.37. The maximum Gasteiger partial charge on any atom is 0.267 e. The topological polar surface area (TPSA) is 68.7 Å². The Morgan fingerprint density at radius 2 is 1.67 bits per heavy atom. The lowest BCUT2D eigenvalue weighted by molar-refractivity contribution is 0.0926. The first-order chi connectivity index (χ1) is 10.2. The predicted octanol–water partition coefficient (Wildman–Crippen LogP) is 1.90. The largest absolute Gasteiger partial charge is 0.493 e. The first-order valence-electron chi connectivity index (χ1n) is 6.22. The van der Waals surface area contributed by atoms with E-state index in [1.54, 1.807) is 18.2 Å². The van der Waals surface area contributed by atoms with E-state index in [9.17, 15) is 9.59 Å². The highest BCUT2D eigenvalue weighted by atomic mass is 16.5. The number of fused-ring (bicyclic) bond motifs is 1. The van der Waals surface area contributed by atoms with Gasteiger partial charge in [0, 0.05) is 18.5 Å². The van der Waals surface area contributed by atoms with E-state index in [1.165, 1.54) is 32.7 Å². The van der Waals surface area contributed by atoms with Crippen molar-refractivity contribution in [2.45, 2.75) is 0 Å². The number of benzene rings is 1. The summed E-state index contributed by atoms with van der Waals surface area (Å²) in [5, 5.41) is 0. The van der Waals surface area contributed by atoms with Crippen molar-refractivity contribution in [3.8, 4) is 11.5 Å². The molecule has 0 unspecified atom stereocenters. The Morgan fingerprint density at radius 1 is 0.952 bits per heavy atom. The summed E-state index contributed by atoms with van der Waals surface area (Å²) in [5.41, 5.74) is 1.08. The van der Waals surface area contributed by atoms with Crippen molar-refractivity contribution in [1.29, 1.82) is 0 Å². The van der Waals surface area contributed by atoms with Crippen molar-refractivity contribution >= 4 is 17.5 Å². The lowest BCUT2D eigenvalue weighted by Gasteiger charge is -2.16. The first kappa shape index (κ1) is 13.1. The molecule has 2 amide bonds. The average Bonchev–Trinajstić information content (AvgIpc) is 2.78. The number of aromatic nitrogens is 1. The number of nitrogens with zero attached hydrogens (tertiary/aromatic N) is 2. The number of hydrogen-bond acceptors (Lipinski definition) is 5. The molecular formula is C15H12N2O4. The third-order valence-corrected chi connectivity index (χ3v) is 3.31. The van der Waals surface area contributed by atoms with Crippen LogP contribution in [-0.4, -0.2) is 31.0 Å². The Labute approximate surface area is 120 Å². The van der Waals surface area contributed by atoms with Gasteiger partial charge in [0.1, 0.15) is 0 Å². The van der Waals surface area contributed by atoms with Gasteiger partial charge in [0.15, 0.2) is 11.5 Å². The Bertz CT molecular complexity index is 707. The van der Waals surface area contributed by atoms with Gasteiger partial charge < -0.3 is 9.47 Å². The molecule has 0 aliphatic carbocycles. The Kier molecular flexibility index (Phi) is 3.06. The van der Waals surface area contributed by atoms with Gasteiger partial charge in [-0.2, -0.15) is 0 Å². The minimum Gasteiger partial charge on any atom is -0.493 e. The summed E-state index contributed by atoms with van der Waals surface area (Å²) in [5.74, 6) is 0.212. The summed E-state index contributed by atoms with van der Waals surface area (Å²) in [6.07, 6.45) is 2.89. The van der Waals surface area contributed by atoms with Gasteiger partial charge in [-0.15, -0.1) is 0 Å². The van der Waals surface area contributed by atoms with Crippen LogP contribution in [0.4, 0.5) is 5.69 Å². The summed E-state index contributed by atoms with van der Waals surface area (Å²) in [6.45, 7) is 0. The summed E-state index contributed by atoms with van der Waals surface area (Å²) >= 11 is 0. The van der Waals surface area contributed by atoms with Gasteiger partial charge in [-0.05, 0) is 18.2 Å². The monoisotopic (exact) mass is 284 g/mol. The van der Waals surface area contributed by atoms with Crippen LogP contribution < -0.4 is 14.4 Å². The fraction of sp³-hybridized carbons (Fsp3) is 0.133. The fourth-order valence-corrected chi connectivity index (χ4v) is 2.28. The van der Waals surface area contributed by atoms with Gasteiger partial charge >= 0.3 is 0 Å². The first-order valence-corrected chi connectivity index (χ1v) is 6.22. The average molecular weight is 284 g/mol. The number of anilines is 1. The molecule has 1 aliphatic heterocycles. The second kappa shape index (κ2) is 4.90. The van der Waals surface area contributed by atoms with Gasteiger partial charge in [-0.1, -0.05) is 0 Å². The summed E-state index contributed by atoms with van der Waals surface area (Å²) in [7, 11) is 3.01. The minimum atomic E-state index is -0.393. The SMILES string of the molecule is COc1ccc(N2C(=O)c3ccncc3C2=O)cc1OC. The van der Waals surface area contributed by atoms with E-state index in [2.05, 4.69) is 4.98 Å². The van der Waals surface area contributed by atoms with Crippen LogP contribution in [0.3, 0.4) is 0 Å². The van der Waals surface area contributed by atoms with Crippen LogP contribution in [0.15, 0.2) is 36.7 Å². The van der Waals surface area contributed by atoms with Gasteiger partial charge in [-0.3, -0.25) is 14.6 Å². The Morgan fingerprint density at radius 3 is 2.33 bits per heavy atom. The highest BCUT2D eigenvalue weighted by molar-refractivity contribution is 6.34. The van der Waals surface area contributed by atoms with E-state index in [-0.39, 0.29) is 5.91 Å². The third kappa shape index (κ3) is 1.92. The number of pyridine rings is 1. The number of ether oxygens (including phenoxy) is 2. The molecule has 0 radical (unpaired) electrons. The standard InChI is InChI=1S/C15H12N2O4/c1-20-12-4-3-9(7-13(12)21-2)17-14(18)10-5-6-16-8-11(10)15(17)19/h3-8H,1-2H3. The normalized spacial score (nSPS) is 13.3. The van der Waals surface area contributed by atoms with Crippen LogP contribution in [0, 0.1) is 0 Å². The predicted molar refractivity (Wildman–Crippen MR) is 74.9 cm³/mol. The van der Waals surface area contributed by atoms with Gasteiger partial charge in [0.25, 0.3) is 11.8 Å². The molecule has 0 bridgehead atoms. The molecule has 6 heteroatoms. The zero-order valence-electron chi connectivity index (χ0n) is 11.5. The van der Waals surface area contributed by atoms with Crippen molar-refractivity contribution in [2.75, 3.05) is 19.1 Å². The van der Waals surface area contributed by atoms with Crippen LogP contribution >= 0.6 is 0 Å². The van der Waals surface area contributed by atoms with Gasteiger partial charge in [0.05, 0.1) is 31.0 Å². The molecule has 0 saturated carbocycles. The molecule has 1 aromatic carbocycles. The Balaban J connectivity index is 2.07. The molecule has 6 nitrogen and oxygen atoms in total. The van der Waals surface area contributed by atoms with E-state index in [4.69, 9.17) is 9.47 Å². The quantitative estimate of drug-likeness (QED) is 0.805. The smallest absolute Gasteiger partial charge is 0.267 e. The van der Waals surface area contributed by atoms with E-state index in [1.807, 2.05) is 0 Å². The molecule has 2 heterocycles. The molecule has 0 atom stereocenters. The molecule has 21 heavy (non-hydrogen) atoms. The maximum absolute atomic E-state index is 12.4. The molecule has 1 aromatic heterocycles. The summed E-state index contributed by atoms with van der Waals surface area (Å²) in [4.78, 5) is 29.7. The van der Waals surface area contributed by atoms with Crippen molar-refractivity contribution in [1.82, 2.24) is 4.98 Å². The van der Waals surface area contributed by atoms with Crippen molar-refractivity contribution < 1.29 is 19.1 Å². The summed E-state index contributed by atoms with van der Waals surface area (Å²) < 4.78 is 10.3. The molecule has 0 N–H and O–H groups in total. The highest BCUT2D eigenvalue weighted by Crippen LogP contribution is 2.34. The molecule has 0 fully saturated rings. The maximum atomic E-state index is 12.4. The van der Waals surface area contributed by atoms with Crippen molar-refractivity contribution in [2.24, 2.45) is 0 Å². The molecular weight excluding hydrogens is 272 g/mol. The zero-order valence-corrected chi connectivity index (χ0v) is 11.5. The lowest BCUT2D eigenvalue weighted by Crippen LogP contribution is -2.29. The number of methoxy groups -OCH3 is 2. The number of rotatable bonds is 3. The van der Waals surface area contributed by atoms with Crippen LogP contribution in [0.25, 0.3) is 0 Å². The second-order valence-corrected chi connectivity index (χ2v) is 4.41. The van der Waals surface area contributed by atoms with E-state index in [0.717, 1.165) is 4.90 Å².